The van der Waals surface area contributed by atoms with Crippen molar-refractivity contribution in [2.24, 2.45) is 0 Å². The van der Waals surface area contributed by atoms with Crippen molar-refractivity contribution in [1.29, 1.82) is 0 Å². The topological polar surface area (TPSA) is 105 Å². The van der Waals surface area contributed by atoms with Crippen LogP contribution in [0.4, 0.5) is 0 Å². The van der Waals surface area contributed by atoms with E-state index in [1.54, 1.807) is 6.08 Å². The van der Waals surface area contributed by atoms with Crippen molar-refractivity contribution < 1.29 is 32.9 Å². The quantitative estimate of drug-likeness (QED) is 0.0243. The molecule has 9 heteroatoms. The van der Waals surface area contributed by atoms with Gasteiger partial charge in [0, 0.05) is 6.42 Å². The summed E-state index contributed by atoms with van der Waals surface area (Å²) in [7, 11) is 1.59. The Labute approximate surface area is 449 Å². The first-order valence-electron chi connectivity index (χ1n) is 31.7. The number of hydrogen-bond acceptors (Lipinski definition) is 5. The Morgan fingerprint density at radius 1 is 0.458 bits per heavy atom. The van der Waals surface area contributed by atoms with Crippen molar-refractivity contribution in [2.45, 2.75) is 334 Å². The Kier molecular flexibility index (Phi) is 54.0. The summed E-state index contributed by atoms with van der Waals surface area (Å²) in [6.07, 6.45) is 70.1. The van der Waals surface area contributed by atoms with Gasteiger partial charge in [-0.25, -0.2) is 4.57 Å². The molecule has 0 rings (SSSR count). The van der Waals surface area contributed by atoms with Crippen LogP contribution in [0, 0.1) is 0 Å². The number of quaternary nitrogens is 1. The highest BCUT2D eigenvalue weighted by atomic mass is 31.2. The molecule has 0 aliphatic rings. The second-order valence-electron chi connectivity index (χ2n) is 23.1. The van der Waals surface area contributed by atoms with Gasteiger partial charge in [0.15, 0.2) is 0 Å². The molecule has 1 amide bonds. The predicted molar refractivity (Wildman–Crippen MR) is 314 cm³/mol. The normalized spacial score (nSPS) is 13.9. The highest BCUT2D eigenvalue weighted by molar-refractivity contribution is 7.47. The highest BCUT2D eigenvalue weighted by Crippen LogP contribution is 2.43. The third-order valence-electron chi connectivity index (χ3n) is 14.7. The van der Waals surface area contributed by atoms with Crippen LogP contribution in [0.15, 0.2) is 24.3 Å². The van der Waals surface area contributed by atoms with E-state index in [9.17, 15) is 19.4 Å². The summed E-state index contributed by atoms with van der Waals surface area (Å²) in [5.74, 6) is -0.172. The molecule has 0 spiro atoms. The number of likely N-dealkylation sites (N-methyl/N-ethyl adjacent to an activating group) is 1. The smallest absolute Gasteiger partial charge is 0.387 e. The van der Waals surface area contributed by atoms with E-state index in [4.69, 9.17) is 9.05 Å². The van der Waals surface area contributed by atoms with Crippen LogP contribution in [-0.2, 0) is 18.4 Å². The van der Waals surface area contributed by atoms with Crippen LogP contribution >= 0.6 is 7.82 Å². The van der Waals surface area contributed by atoms with E-state index < -0.39 is 20.0 Å². The second kappa shape index (κ2) is 54.8. The molecule has 0 bridgehead atoms. The van der Waals surface area contributed by atoms with Crippen molar-refractivity contribution in [3.05, 3.63) is 24.3 Å². The number of aliphatic hydroxyl groups is 1. The molecular formula is C63H126N2O6P+. The monoisotopic (exact) mass is 1040 g/mol. The van der Waals surface area contributed by atoms with Gasteiger partial charge in [0.25, 0.3) is 0 Å². The number of rotatable bonds is 59. The Morgan fingerprint density at radius 3 is 1.07 bits per heavy atom. The minimum Gasteiger partial charge on any atom is -0.387 e. The minimum atomic E-state index is -4.35. The minimum absolute atomic E-state index is 0.0634. The number of carbonyl (C=O) groups is 1. The number of phosphoric acid groups is 1. The van der Waals surface area contributed by atoms with Crippen LogP contribution in [0.25, 0.3) is 0 Å². The Morgan fingerprint density at radius 2 is 0.750 bits per heavy atom. The molecule has 3 N–H and O–H groups in total. The zero-order valence-corrected chi connectivity index (χ0v) is 49.8. The average molecular weight is 1040 g/mol. The number of amides is 1. The zero-order chi connectivity index (χ0) is 52.7. The molecule has 72 heavy (non-hydrogen) atoms. The fourth-order valence-corrected chi connectivity index (χ4v) is 10.4. The molecule has 3 unspecified atom stereocenters. The maximum Gasteiger partial charge on any atom is 0.472 e. The molecule has 0 aliphatic heterocycles. The van der Waals surface area contributed by atoms with Crippen LogP contribution in [-0.4, -0.2) is 73.4 Å². The van der Waals surface area contributed by atoms with Gasteiger partial charge in [-0.05, 0) is 44.9 Å². The fourth-order valence-electron chi connectivity index (χ4n) is 9.69. The molecule has 0 radical (unpaired) electrons. The number of aliphatic hydroxyl groups excluding tert-OH is 1. The Hall–Kier alpha value is -1.02. The first kappa shape index (κ1) is 71.0. The molecule has 0 aromatic rings. The SMILES string of the molecule is CCCCCCCCCC/C=C\CCCCCCCCCCCCCC(=O)NC(COP(=O)(O)OCC[N+](C)(C)C)C(O)/C=C/CCCCCCCCCCCCCCCCCCCCCCCCCCC. The lowest BCUT2D eigenvalue weighted by Gasteiger charge is -2.25. The van der Waals surface area contributed by atoms with Crippen molar-refractivity contribution in [2.75, 3.05) is 40.9 Å². The van der Waals surface area contributed by atoms with Gasteiger partial charge in [0.2, 0.25) is 5.91 Å². The molecule has 0 aromatic carbocycles. The van der Waals surface area contributed by atoms with E-state index in [0.717, 1.165) is 32.1 Å². The predicted octanol–water partition coefficient (Wildman–Crippen LogP) is 19.5. The highest BCUT2D eigenvalue weighted by Gasteiger charge is 2.28. The van der Waals surface area contributed by atoms with Gasteiger partial charge in [-0.1, -0.05) is 295 Å². The summed E-state index contributed by atoms with van der Waals surface area (Å²) in [5, 5.41) is 14.0. The van der Waals surface area contributed by atoms with E-state index in [1.165, 1.54) is 270 Å². The summed E-state index contributed by atoms with van der Waals surface area (Å²) in [5.41, 5.74) is 0. The lowest BCUT2D eigenvalue weighted by atomic mass is 10.0. The fraction of sp³-hybridized carbons (Fsp3) is 0.921. The molecule has 428 valence electrons. The maximum atomic E-state index is 13.0. The van der Waals surface area contributed by atoms with Gasteiger partial charge in [0.1, 0.15) is 13.2 Å². The number of nitrogens with one attached hydrogen (secondary N) is 1. The van der Waals surface area contributed by atoms with E-state index in [0.29, 0.717) is 17.4 Å². The van der Waals surface area contributed by atoms with Crippen LogP contribution in [0.5, 0.6) is 0 Å². The lowest BCUT2D eigenvalue weighted by molar-refractivity contribution is -0.870. The van der Waals surface area contributed by atoms with Crippen LogP contribution in [0.3, 0.4) is 0 Å². The number of phosphoric ester groups is 1. The average Bonchev–Trinajstić information content (AvgIpc) is 3.34. The third-order valence-corrected chi connectivity index (χ3v) is 15.6. The largest absolute Gasteiger partial charge is 0.472 e. The van der Waals surface area contributed by atoms with Crippen LogP contribution in [0.1, 0.15) is 322 Å². The zero-order valence-electron chi connectivity index (χ0n) is 48.9. The Bertz CT molecular complexity index is 1220. The van der Waals surface area contributed by atoms with Crippen LogP contribution in [0.2, 0.25) is 0 Å². The molecule has 0 aliphatic carbocycles. The molecule has 0 fully saturated rings. The molecule has 0 aromatic heterocycles. The standard InChI is InChI=1S/C63H125N2O6P/c1-6-8-10-12-14-16-18-20-22-24-26-28-30-31-32-33-35-36-38-40-42-44-46-48-50-52-54-56-62(66)61(60-71-72(68,69)70-59-58-65(3,4)5)64-63(67)57-55-53-51-49-47-45-43-41-39-37-34-29-27-25-23-21-19-17-15-13-11-9-7-2/h25,27,54,56,61-62,66H,6-24,26,28-53,55,57-60H2,1-5H3,(H-,64,67,68,69)/p+1/b27-25-,56-54+. The van der Waals surface area contributed by atoms with Gasteiger partial charge < -0.3 is 19.8 Å². The Balaban J connectivity index is 4.13. The summed E-state index contributed by atoms with van der Waals surface area (Å²) in [6.45, 7) is 4.87. The second-order valence-corrected chi connectivity index (χ2v) is 24.6. The van der Waals surface area contributed by atoms with E-state index in [-0.39, 0.29) is 19.1 Å². The maximum absolute atomic E-state index is 13.0. The van der Waals surface area contributed by atoms with Crippen molar-refractivity contribution >= 4 is 13.7 Å². The van der Waals surface area contributed by atoms with Crippen molar-refractivity contribution in [3.8, 4) is 0 Å². The summed E-state index contributed by atoms with van der Waals surface area (Å²) < 4.78 is 23.8. The molecular weight excluding hydrogens is 912 g/mol. The number of hydrogen-bond donors (Lipinski definition) is 3. The number of unbranched alkanes of at least 4 members (excludes halogenated alkanes) is 44. The summed E-state index contributed by atoms with van der Waals surface area (Å²) in [6, 6.07) is -0.846. The molecule has 3 atom stereocenters. The number of allylic oxidation sites excluding steroid dienone is 3. The van der Waals surface area contributed by atoms with Gasteiger partial charge >= 0.3 is 7.82 Å². The third kappa shape index (κ3) is 56.7. The van der Waals surface area contributed by atoms with Gasteiger partial charge in [-0.15, -0.1) is 0 Å². The number of nitrogens with zero attached hydrogens (tertiary/aromatic N) is 1. The first-order valence-corrected chi connectivity index (χ1v) is 33.2. The van der Waals surface area contributed by atoms with E-state index in [1.807, 2.05) is 27.2 Å². The number of carbonyl (C=O) groups excluding carboxylic acids is 1. The lowest BCUT2D eigenvalue weighted by Crippen LogP contribution is -2.45. The first-order chi connectivity index (χ1) is 35.0. The van der Waals surface area contributed by atoms with E-state index in [2.05, 4.69) is 31.3 Å². The van der Waals surface area contributed by atoms with Gasteiger partial charge in [0.05, 0.1) is 39.9 Å². The molecule has 0 saturated heterocycles. The summed E-state index contributed by atoms with van der Waals surface area (Å²) in [4.78, 5) is 23.4. The van der Waals surface area contributed by atoms with Gasteiger partial charge in [-0.3, -0.25) is 13.8 Å². The van der Waals surface area contributed by atoms with Gasteiger partial charge in [-0.2, -0.15) is 0 Å². The van der Waals surface area contributed by atoms with E-state index >= 15 is 0 Å². The molecule has 8 nitrogen and oxygen atoms in total. The summed E-state index contributed by atoms with van der Waals surface area (Å²) >= 11 is 0. The van der Waals surface area contributed by atoms with Crippen LogP contribution < -0.4 is 5.32 Å². The molecule has 0 heterocycles. The van der Waals surface area contributed by atoms with Crippen molar-refractivity contribution in [3.63, 3.8) is 0 Å². The van der Waals surface area contributed by atoms with Crippen molar-refractivity contribution in [1.82, 2.24) is 5.32 Å². The molecule has 0 saturated carbocycles.